The summed E-state index contributed by atoms with van der Waals surface area (Å²) in [5.41, 5.74) is 3.24. The molecule has 0 unspecified atom stereocenters. The van der Waals surface area contributed by atoms with E-state index in [4.69, 9.17) is 16.3 Å². The SMILES string of the molecule is COc1ccccc1CNc1cccc(Cl)c1C. The Morgan fingerprint density at radius 3 is 2.67 bits per heavy atom. The first-order valence-corrected chi connectivity index (χ1v) is 6.21. The number of para-hydroxylation sites is 1. The van der Waals surface area contributed by atoms with E-state index in [2.05, 4.69) is 5.32 Å². The Morgan fingerprint density at radius 1 is 1.11 bits per heavy atom. The molecular formula is C15H16ClNO. The average Bonchev–Trinajstić information content (AvgIpc) is 2.41. The normalized spacial score (nSPS) is 10.2. The molecule has 0 saturated carbocycles. The minimum absolute atomic E-state index is 0.713. The number of hydrogen-bond donors (Lipinski definition) is 1. The van der Waals surface area contributed by atoms with Crippen molar-refractivity contribution in [3.8, 4) is 5.75 Å². The van der Waals surface area contributed by atoms with Gasteiger partial charge in [0, 0.05) is 22.8 Å². The topological polar surface area (TPSA) is 21.3 Å². The zero-order valence-corrected chi connectivity index (χ0v) is 11.3. The highest BCUT2D eigenvalue weighted by molar-refractivity contribution is 6.31. The van der Waals surface area contributed by atoms with Crippen molar-refractivity contribution in [1.29, 1.82) is 0 Å². The summed E-state index contributed by atoms with van der Waals surface area (Å²) in [6.07, 6.45) is 0. The summed E-state index contributed by atoms with van der Waals surface area (Å²) < 4.78 is 5.32. The van der Waals surface area contributed by atoms with E-state index in [1.807, 2.05) is 49.4 Å². The van der Waals surface area contributed by atoms with E-state index in [9.17, 15) is 0 Å². The first-order valence-electron chi connectivity index (χ1n) is 5.83. The number of anilines is 1. The Kier molecular flexibility index (Phi) is 4.11. The van der Waals surface area contributed by atoms with E-state index in [1.165, 1.54) is 0 Å². The summed E-state index contributed by atoms with van der Waals surface area (Å²) in [7, 11) is 1.68. The molecule has 0 radical (unpaired) electrons. The van der Waals surface area contributed by atoms with E-state index in [-0.39, 0.29) is 0 Å². The molecule has 0 bridgehead atoms. The minimum atomic E-state index is 0.713. The lowest BCUT2D eigenvalue weighted by atomic mass is 10.1. The number of benzene rings is 2. The van der Waals surface area contributed by atoms with Gasteiger partial charge in [-0.25, -0.2) is 0 Å². The molecule has 2 aromatic rings. The maximum Gasteiger partial charge on any atom is 0.123 e. The first kappa shape index (κ1) is 12.8. The van der Waals surface area contributed by atoms with Crippen LogP contribution in [0.2, 0.25) is 5.02 Å². The van der Waals surface area contributed by atoms with Crippen LogP contribution in [0.4, 0.5) is 5.69 Å². The van der Waals surface area contributed by atoms with Crippen molar-refractivity contribution < 1.29 is 4.74 Å². The predicted molar refractivity (Wildman–Crippen MR) is 76.5 cm³/mol. The van der Waals surface area contributed by atoms with Crippen molar-refractivity contribution in [2.45, 2.75) is 13.5 Å². The summed E-state index contributed by atoms with van der Waals surface area (Å²) >= 11 is 6.09. The third-order valence-electron chi connectivity index (χ3n) is 2.93. The van der Waals surface area contributed by atoms with Gasteiger partial charge in [0.05, 0.1) is 7.11 Å². The Balaban J connectivity index is 2.14. The molecule has 0 heterocycles. The smallest absolute Gasteiger partial charge is 0.123 e. The number of nitrogens with one attached hydrogen (secondary N) is 1. The lowest BCUT2D eigenvalue weighted by molar-refractivity contribution is 0.410. The maximum atomic E-state index is 6.09. The Hall–Kier alpha value is -1.67. The number of ether oxygens (including phenoxy) is 1. The van der Waals surface area contributed by atoms with Crippen molar-refractivity contribution in [3.05, 3.63) is 58.6 Å². The van der Waals surface area contributed by atoms with Crippen LogP contribution in [-0.2, 0) is 6.54 Å². The second-order valence-electron chi connectivity index (χ2n) is 4.08. The Labute approximate surface area is 113 Å². The van der Waals surface area contributed by atoms with Crippen LogP contribution < -0.4 is 10.1 Å². The van der Waals surface area contributed by atoms with Gasteiger partial charge in [-0.15, -0.1) is 0 Å². The quantitative estimate of drug-likeness (QED) is 0.888. The highest BCUT2D eigenvalue weighted by atomic mass is 35.5. The van der Waals surface area contributed by atoms with Crippen LogP contribution in [0.15, 0.2) is 42.5 Å². The summed E-state index contributed by atoms with van der Waals surface area (Å²) in [5, 5.41) is 4.16. The first-order chi connectivity index (χ1) is 8.72. The molecular weight excluding hydrogens is 246 g/mol. The van der Waals surface area contributed by atoms with E-state index in [0.717, 1.165) is 27.6 Å². The lowest BCUT2D eigenvalue weighted by Gasteiger charge is -2.12. The van der Waals surface area contributed by atoms with Gasteiger partial charge >= 0.3 is 0 Å². The van der Waals surface area contributed by atoms with Gasteiger partial charge in [-0.2, -0.15) is 0 Å². The van der Waals surface area contributed by atoms with Gasteiger partial charge in [0.15, 0.2) is 0 Å². The molecule has 0 aliphatic carbocycles. The molecule has 0 spiro atoms. The molecule has 3 heteroatoms. The van der Waals surface area contributed by atoms with Gasteiger partial charge in [0.25, 0.3) is 0 Å². The molecule has 18 heavy (non-hydrogen) atoms. The van der Waals surface area contributed by atoms with Crippen LogP contribution in [0.1, 0.15) is 11.1 Å². The fourth-order valence-electron chi connectivity index (χ4n) is 1.84. The fraction of sp³-hybridized carbons (Fsp3) is 0.200. The van der Waals surface area contributed by atoms with Gasteiger partial charge in [-0.1, -0.05) is 35.9 Å². The summed E-state index contributed by atoms with van der Waals surface area (Å²) in [4.78, 5) is 0. The molecule has 0 aromatic heterocycles. The van der Waals surface area contributed by atoms with Crippen LogP contribution >= 0.6 is 11.6 Å². The second-order valence-corrected chi connectivity index (χ2v) is 4.48. The molecule has 0 amide bonds. The largest absolute Gasteiger partial charge is 0.496 e. The van der Waals surface area contributed by atoms with E-state index < -0.39 is 0 Å². The molecule has 0 fully saturated rings. The van der Waals surface area contributed by atoms with Gasteiger partial charge in [-0.3, -0.25) is 0 Å². The fourth-order valence-corrected chi connectivity index (χ4v) is 2.01. The van der Waals surface area contributed by atoms with Crippen LogP contribution in [0.3, 0.4) is 0 Å². The zero-order chi connectivity index (χ0) is 13.0. The van der Waals surface area contributed by atoms with Crippen molar-refractivity contribution >= 4 is 17.3 Å². The van der Waals surface area contributed by atoms with Crippen LogP contribution in [0, 0.1) is 6.92 Å². The number of hydrogen-bond acceptors (Lipinski definition) is 2. The van der Waals surface area contributed by atoms with Crippen molar-refractivity contribution in [2.24, 2.45) is 0 Å². The Morgan fingerprint density at radius 2 is 1.89 bits per heavy atom. The van der Waals surface area contributed by atoms with E-state index >= 15 is 0 Å². The van der Waals surface area contributed by atoms with Gasteiger partial charge in [0.2, 0.25) is 0 Å². The van der Waals surface area contributed by atoms with Crippen molar-refractivity contribution in [1.82, 2.24) is 0 Å². The van der Waals surface area contributed by atoms with E-state index in [1.54, 1.807) is 7.11 Å². The summed E-state index contributed by atoms with van der Waals surface area (Å²) in [5.74, 6) is 0.893. The number of methoxy groups -OCH3 is 1. The third kappa shape index (κ3) is 2.77. The summed E-state index contributed by atoms with van der Waals surface area (Å²) in [6, 6.07) is 13.8. The molecule has 0 atom stereocenters. The molecule has 0 aliphatic heterocycles. The average molecular weight is 262 g/mol. The standard InChI is InChI=1S/C15H16ClNO/c1-11-13(16)7-5-8-14(11)17-10-12-6-3-4-9-15(12)18-2/h3-9,17H,10H2,1-2H3. The van der Waals surface area contributed by atoms with Crippen LogP contribution in [-0.4, -0.2) is 7.11 Å². The molecule has 2 rings (SSSR count). The summed E-state index contributed by atoms with van der Waals surface area (Å²) in [6.45, 7) is 2.72. The van der Waals surface area contributed by atoms with Crippen molar-refractivity contribution in [2.75, 3.05) is 12.4 Å². The molecule has 2 aromatic carbocycles. The van der Waals surface area contributed by atoms with Crippen LogP contribution in [0.25, 0.3) is 0 Å². The van der Waals surface area contributed by atoms with Gasteiger partial charge < -0.3 is 10.1 Å². The molecule has 94 valence electrons. The Bertz CT molecular complexity index is 540. The number of halogens is 1. The zero-order valence-electron chi connectivity index (χ0n) is 10.5. The minimum Gasteiger partial charge on any atom is -0.496 e. The third-order valence-corrected chi connectivity index (χ3v) is 3.34. The highest BCUT2D eigenvalue weighted by Gasteiger charge is 2.04. The highest BCUT2D eigenvalue weighted by Crippen LogP contribution is 2.24. The lowest BCUT2D eigenvalue weighted by Crippen LogP contribution is -2.02. The van der Waals surface area contributed by atoms with Crippen LogP contribution in [0.5, 0.6) is 5.75 Å². The van der Waals surface area contributed by atoms with Gasteiger partial charge in [-0.05, 0) is 30.7 Å². The molecule has 0 saturated heterocycles. The maximum absolute atomic E-state index is 6.09. The second kappa shape index (κ2) is 5.78. The number of rotatable bonds is 4. The van der Waals surface area contributed by atoms with Gasteiger partial charge in [0.1, 0.15) is 5.75 Å². The monoisotopic (exact) mass is 261 g/mol. The predicted octanol–water partition coefficient (Wildman–Crippen LogP) is 4.27. The molecule has 1 N–H and O–H groups in total. The molecule has 2 nitrogen and oxygen atoms in total. The van der Waals surface area contributed by atoms with Crippen molar-refractivity contribution in [3.63, 3.8) is 0 Å². The van der Waals surface area contributed by atoms with E-state index in [0.29, 0.717) is 6.54 Å². The molecule has 0 aliphatic rings.